The summed E-state index contributed by atoms with van der Waals surface area (Å²) in [5.41, 5.74) is 4.24. The maximum atomic E-state index is 10.8. The lowest BCUT2D eigenvalue weighted by molar-refractivity contribution is -0.136. The Morgan fingerprint density at radius 2 is 2.07 bits per heavy atom. The summed E-state index contributed by atoms with van der Waals surface area (Å²) in [5.74, 6) is 0.626. The van der Waals surface area contributed by atoms with Crippen LogP contribution in [0.25, 0.3) is 33.7 Å². The van der Waals surface area contributed by atoms with Crippen molar-refractivity contribution in [2.75, 3.05) is 0 Å². The predicted molar refractivity (Wildman–Crippen MR) is 111 cm³/mol. The van der Waals surface area contributed by atoms with E-state index in [1.807, 2.05) is 51.1 Å². The Bertz CT molecular complexity index is 1210. The van der Waals surface area contributed by atoms with Crippen LogP contribution in [0.3, 0.4) is 0 Å². The van der Waals surface area contributed by atoms with Crippen LogP contribution >= 0.6 is 0 Å². The molecule has 3 heterocycles. The van der Waals surface area contributed by atoms with E-state index in [-0.39, 0.29) is 12.5 Å². The second-order valence-corrected chi connectivity index (χ2v) is 7.43. The number of aryl methyl sites for hydroxylation is 2. The fourth-order valence-corrected chi connectivity index (χ4v) is 3.19. The third-order valence-corrected chi connectivity index (χ3v) is 4.59. The number of benzene rings is 1. The van der Waals surface area contributed by atoms with Crippen LogP contribution in [0, 0.1) is 6.92 Å². The molecule has 1 aromatic carbocycles. The lowest BCUT2D eigenvalue weighted by Gasteiger charge is -2.10. The summed E-state index contributed by atoms with van der Waals surface area (Å²) in [6.45, 7) is 5.83. The molecule has 0 unspecified atom stereocenters. The molecular formula is C22H22N4O4. The fourth-order valence-electron chi connectivity index (χ4n) is 3.19. The Kier molecular flexibility index (Phi) is 5.22. The number of hydrogen-bond acceptors (Lipinski definition) is 6. The Balaban J connectivity index is 1.58. The number of nitrogens with one attached hydrogen (secondary N) is 1. The number of nitrogens with zero attached hydrogens (tertiary/aromatic N) is 3. The van der Waals surface area contributed by atoms with Gasteiger partial charge in [0.1, 0.15) is 0 Å². The van der Waals surface area contributed by atoms with Gasteiger partial charge in [0.05, 0.1) is 18.1 Å². The molecular weight excluding hydrogens is 384 g/mol. The van der Waals surface area contributed by atoms with Crippen molar-refractivity contribution in [1.82, 2.24) is 20.1 Å². The van der Waals surface area contributed by atoms with Crippen molar-refractivity contribution in [2.45, 2.75) is 39.7 Å². The van der Waals surface area contributed by atoms with Gasteiger partial charge < -0.3 is 19.4 Å². The van der Waals surface area contributed by atoms with E-state index < -0.39 is 5.97 Å². The van der Waals surface area contributed by atoms with E-state index in [2.05, 4.69) is 20.1 Å². The monoisotopic (exact) mass is 406 g/mol. The number of hydrogen-bond donors (Lipinski definition) is 2. The third-order valence-electron chi connectivity index (χ3n) is 4.59. The SMILES string of the molecule is Cc1cc(-c2nc(-c3ccc4[nH]c(CCC(=O)O)cc4c3)no2)cnc1OC(C)C. The van der Waals surface area contributed by atoms with Crippen LogP contribution in [-0.4, -0.2) is 37.3 Å². The van der Waals surface area contributed by atoms with Crippen LogP contribution in [0.15, 0.2) is 41.1 Å². The summed E-state index contributed by atoms with van der Waals surface area (Å²) in [6, 6.07) is 9.63. The first-order valence-electron chi connectivity index (χ1n) is 9.70. The predicted octanol–water partition coefficient (Wildman–Crippen LogP) is 4.39. The second-order valence-electron chi connectivity index (χ2n) is 7.43. The van der Waals surface area contributed by atoms with Crippen LogP contribution < -0.4 is 4.74 Å². The highest BCUT2D eigenvalue weighted by molar-refractivity contribution is 5.85. The highest BCUT2D eigenvalue weighted by Crippen LogP contribution is 2.27. The van der Waals surface area contributed by atoms with Crippen LogP contribution in [0.5, 0.6) is 5.88 Å². The fraction of sp³-hybridized carbons (Fsp3) is 0.273. The first-order chi connectivity index (χ1) is 14.4. The molecule has 30 heavy (non-hydrogen) atoms. The van der Waals surface area contributed by atoms with E-state index in [0.717, 1.165) is 33.3 Å². The van der Waals surface area contributed by atoms with Crippen LogP contribution in [0.2, 0.25) is 0 Å². The summed E-state index contributed by atoms with van der Waals surface area (Å²) in [6.07, 6.45) is 2.24. The number of pyridine rings is 1. The molecule has 0 saturated carbocycles. The maximum absolute atomic E-state index is 10.8. The summed E-state index contributed by atoms with van der Waals surface area (Å²) in [4.78, 5) is 22.9. The third kappa shape index (κ3) is 4.17. The van der Waals surface area contributed by atoms with Gasteiger partial charge in [-0.2, -0.15) is 4.98 Å². The average molecular weight is 406 g/mol. The molecule has 4 aromatic rings. The van der Waals surface area contributed by atoms with Crippen molar-refractivity contribution in [3.8, 4) is 28.7 Å². The zero-order valence-corrected chi connectivity index (χ0v) is 17.0. The van der Waals surface area contributed by atoms with Gasteiger partial charge in [-0.3, -0.25) is 4.79 Å². The quantitative estimate of drug-likeness (QED) is 0.468. The van der Waals surface area contributed by atoms with E-state index in [1.54, 1.807) is 6.20 Å². The van der Waals surface area contributed by atoms with Gasteiger partial charge in [-0.25, -0.2) is 4.98 Å². The molecule has 0 saturated heterocycles. The number of aromatic amines is 1. The molecule has 4 rings (SSSR count). The average Bonchev–Trinajstić information content (AvgIpc) is 3.33. The van der Waals surface area contributed by atoms with Gasteiger partial charge in [0.2, 0.25) is 11.7 Å². The lowest BCUT2D eigenvalue weighted by atomic mass is 10.1. The standard InChI is InChI=1S/C22H22N4O4/c1-12(2)29-21-13(3)8-16(11-23-21)22-25-20(26-30-22)14-4-6-18-15(9-14)10-17(24-18)5-7-19(27)28/h4,6,8-12,24H,5,7H2,1-3H3,(H,27,28). The lowest BCUT2D eigenvalue weighted by Crippen LogP contribution is -2.08. The van der Waals surface area contributed by atoms with Crippen LogP contribution in [-0.2, 0) is 11.2 Å². The molecule has 0 atom stereocenters. The molecule has 3 aromatic heterocycles. The van der Waals surface area contributed by atoms with E-state index in [9.17, 15) is 4.79 Å². The summed E-state index contributed by atoms with van der Waals surface area (Å²) in [5, 5.41) is 13.9. The number of aromatic nitrogens is 4. The van der Waals surface area contributed by atoms with Crippen molar-refractivity contribution in [2.24, 2.45) is 0 Å². The molecule has 8 nitrogen and oxygen atoms in total. The number of aliphatic carboxylic acids is 1. The number of rotatable bonds is 7. The smallest absolute Gasteiger partial charge is 0.303 e. The first-order valence-corrected chi connectivity index (χ1v) is 9.70. The Hall–Kier alpha value is -3.68. The Labute approximate surface area is 172 Å². The molecule has 0 spiro atoms. The first kappa shape index (κ1) is 19.6. The van der Waals surface area contributed by atoms with Gasteiger partial charge in [-0.15, -0.1) is 0 Å². The molecule has 154 valence electrons. The molecule has 0 bridgehead atoms. The van der Waals surface area contributed by atoms with Gasteiger partial charge in [-0.05, 0) is 57.5 Å². The molecule has 0 fully saturated rings. The van der Waals surface area contributed by atoms with Gasteiger partial charge in [0.25, 0.3) is 5.89 Å². The Morgan fingerprint density at radius 3 is 2.80 bits per heavy atom. The molecule has 0 aliphatic rings. The molecule has 0 radical (unpaired) electrons. The van der Waals surface area contributed by atoms with E-state index >= 15 is 0 Å². The molecule has 8 heteroatoms. The maximum Gasteiger partial charge on any atom is 0.303 e. The van der Waals surface area contributed by atoms with Crippen molar-refractivity contribution in [3.63, 3.8) is 0 Å². The van der Waals surface area contributed by atoms with Crippen LogP contribution in [0.1, 0.15) is 31.5 Å². The zero-order valence-electron chi connectivity index (χ0n) is 17.0. The minimum atomic E-state index is -0.817. The van der Waals surface area contributed by atoms with Gasteiger partial charge in [-0.1, -0.05) is 5.16 Å². The van der Waals surface area contributed by atoms with E-state index in [4.69, 9.17) is 14.4 Å². The summed E-state index contributed by atoms with van der Waals surface area (Å²) >= 11 is 0. The highest BCUT2D eigenvalue weighted by atomic mass is 16.5. The molecule has 0 aliphatic carbocycles. The van der Waals surface area contributed by atoms with Gasteiger partial charge in [0, 0.05) is 33.9 Å². The Morgan fingerprint density at radius 1 is 1.23 bits per heavy atom. The van der Waals surface area contributed by atoms with Crippen LogP contribution in [0.4, 0.5) is 0 Å². The molecule has 0 aliphatic heterocycles. The number of carboxylic acids is 1. The van der Waals surface area contributed by atoms with E-state index in [0.29, 0.717) is 24.0 Å². The molecule has 0 amide bonds. The minimum Gasteiger partial charge on any atom is -0.481 e. The van der Waals surface area contributed by atoms with Crippen molar-refractivity contribution in [3.05, 3.63) is 47.8 Å². The highest BCUT2D eigenvalue weighted by Gasteiger charge is 2.14. The number of ether oxygens (including phenoxy) is 1. The van der Waals surface area contributed by atoms with Crippen molar-refractivity contribution >= 4 is 16.9 Å². The summed E-state index contributed by atoms with van der Waals surface area (Å²) < 4.78 is 11.1. The number of fused-ring (bicyclic) bond motifs is 1. The van der Waals surface area contributed by atoms with Gasteiger partial charge in [0.15, 0.2) is 0 Å². The largest absolute Gasteiger partial charge is 0.481 e. The van der Waals surface area contributed by atoms with Crippen molar-refractivity contribution < 1.29 is 19.2 Å². The topological polar surface area (TPSA) is 114 Å². The number of carboxylic acid groups (broad SMARTS) is 1. The number of H-pyrrole nitrogens is 1. The van der Waals surface area contributed by atoms with E-state index in [1.165, 1.54) is 0 Å². The normalized spacial score (nSPS) is 11.3. The number of carbonyl (C=O) groups is 1. The molecule has 2 N–H and O–H groups in total. The summed E-state index contributed by atoms with van der Waals surface area (Å²) in [7, 11) is 0. The zero-order chi connectivity index (χ0) is 21.3. The minimum absolute atomic E-state index is 0.0463. The van der Waals surface area contributed by atoms with Gasteiger partial charge >= 0.3 is 5.97 Å². The van der Waals surface area contributed by atoms with Crippen molar-refractivity contribution in [1.29, 1.82) is 0 Å². The second kappa shape index (κ2) is 7.98.